The zero-order chi connectivity index (χ0) is 23.1. The van der Waals surface area contributed by atoms with E-state index in [4.69, 9.17) is 4.74 Å². The van der Waals surface area contributed by atoms with Crippen LogP contribution in [0.4, 0.5) is 0 Å². The quantitative estimate of drug-likeness (QED) is 0.278. The van der Waals surface area contributed by atoms with Crippen molar-refractivity contribution in [2.24, 2.45) is 40.4 Å². The Morgan fingerprint density at radius 3 is 2.75 bits per heavy atom. The molecule has 3 fully saturated rings. The van der Waals surface area contributed by atoms with Gasteiger partial charge < -0.3 is 9.84 Å². The van der Waals surface area contributed by atoms with Gasteiger partial charge in [-0.1, -0.05) is 38.5 Å². The summed E-state index contributed by atoms with van der Waals surface area (Å²) in [6, 6.07) is 0. The van der Waals surface area contributed by atoms with Gasteiger partial charge in [-0.3, -0.25) is 0 Å². The number of hydrogen-bond acceptors (Lipinski definition) is 3. The van der Waals surface area contributed by atoms with Gasteiger partial charge in [0.25, 0.3) is 0 Å². The Morgan fingerprint density at radius 2 is 2.00 bits per heavy atom. The van der Waals surface area contributed by atoms with Crippen molar-refractivity contribution in [3.63, 3.8) is 0 Å². The molecule has 180 valence electrons. The third kappa shape index (κ3) is 4.12. The highest BCUT2D eigenvalue weighted by Gasteiger charge is 2.59. The lowest BCUT2D eigenvalue weighted by atomic mass is 9.47. The summed E-state index contributed by atoms with van der Waals surface area (Å²) in [5, 5.41) is 10.2. The van der Waals surface area contributed by atoms with Crippen LogP contribution in [0.5, 0.6) is 0 Å². The molecule has 32 heavy (non-hydrogen) atoms. The number of aliphatic hydroxyl groups excluding tert-OH is 1. The number of allylic oxidation sites excluding steroid dienone is 2. The molecule has 0 saturated heterocycles. The lowest BCUT2D eigenvalue weighted by Crippen LogP contribution is -2.50. The van der Waals surface area contributed by atoms with E-state index >= 15 is 0 Å². The molecular formula is C29H46O3. The molecule has 3 nitrogen and oxygen atoms in total. The van der Waals surface area contributed by atoms with Crippen LogP contribution in [0.25, 0.3) is 0 Å². The molecule has 0 aromatic carbocycles. The van der Waals surface area contributed by atoms with Gasteiger partial charge in [-0.25, -0.2) is 4.79 Å². The Morgan fingerprint density at radius 1 is 1.22 bits per heavy atom. The van der Waals surface area contributed by atoms with Crippen LogP contribution < -0.4 is 0 Å². The van der Waals surface area contributed by atoms with Gasteiger partial charge in [-0.15, -0.1) is 0 Å². The highest BCUT2D eigenvalue weighted by Crippen LogP contribution is 2.67. The number of esters is 1. The molecule has 4 aliphatic rings. The fourth-order valence-corrected chi connectivity index (χ4v) is 8.71. The van der Waals surface area contributed by atoms with Crippen molar-refractivity contribution in [3.05, 3.63) is 23.3 Å². The molecule has 0 bridgehead atoms. The molecule has 4 rings (SSSR count). The number of hydrogen-bond donors (Lipinski definition) is 1. The zero-order valence-electron chi connectivity index (χ0n) is 21.2. The van der Waals surface area contributed by atoms with Crippen LogP contribution >= 0.6 is 0 Å². The Kier molecular flexibility index (Phi) is 6.97. The summed E-state index contributed by atoms with van der Waals surface area (Å²) in [5.74, 6) is 3.84. The van der Waals surface area contributed by atoms with Gasteiger partial charge in [0.2, 0.25) is 0 Å². The first kappa shape index (κ1) is 24.0. The fourth-order valence-electron chi connectivity index (χ4n) is 8.71. The standard InChI is InChI=1S/C29H46O3/c1-6-32-27(31)20(3)9-7-8-19(2)24-12-13-25-23-11-10-21-18-22(30)14-16-28(21,4)26(23)15-17-29(24,25)5/h9-10,19,22-26,30H,6-8,11-18H2,1-5H3. The summed E-state index contributed by atoms with van der Waals surface area (Å²) in [6.45, 7) is 11.8. The van der Waals surface area contributed by atoms with Gasteiger partial charge in [-0.05, 0) is 118 Å². The first-order valence-electron chi connectivity index (χ1n) is 13.4. The molecule has 8 unspecified atom stereocenters. The summed E-state index contributed by atoms with van der Waals surface area (Å²) in [5.41, 5.74) is 3.14. The second kappa shape index (κ2) is 9.28. The highest BCUT2D eigenvalue weighted by atomic mass is 16.5. The molecule has 0 aromatic rings. The van der Waals surface area contributed by atoms with Crippen molar-refractivity contribution in [2.45, 2.75) is 105 Å². The predicted molar refractivity (Wildman–Crippen MR) is 130 cm³/mol. The molecule has 0 heterocycles. The van der Waals surface area contributed by atoms with E-state index in [0.29, 0.717) is 23.4 Å². The van der Waals surface area contributed by atoms with Crippen molar-refractivity contribution >= 4 is 5.97 Å². The van der Waals surface area contributed by atoms with E-state index < -0.39 is 0 Å². The van der Waals surface area contributed by atoms with E-state index in [1.807, 2.05) is 13.8 Å². The van der Waals surface area contributed by atoms with Gasteiger partial charge in [0.05, 0.1) is 12.7 Å². The maximum absolute atomic E-state index is 11.9. The topological polar surface area (TPSA) is 46.5 Å². The van der Waals surface area contributed by atoms with Crippen LogP contribution in [0.1, 0.15) is 98.8 Å². The molecule has 0 aliphatic heterocycles. The van der Waals surface area contributed by atoms with Crippen LogP contribution in [0, 0.1) is 40.4 Å². The minimum atomic E-state index is -0.167. The normalized spacial score (nSPS) is 42.4. The molecule has 0 amide bonds. The van der Waals surface area contributed by atoms with Crippen LogP contribution in [0.3, 0.4) is 0 Å². The summed E-state index contributed by atoms with van der Waals surface area (Å²) < 4.78 is 5.12. The van der Waals surface area contributed by atoms with Gasteiger partial charge in [-0.2, -0.15) is 0 Å². The van der Waals surface area contributed by atoms with E-state index in [2.05, 4.69) is 32.9 Å². The van der Waals surface area contributed by atoms with E-state index in [9.17, 15) is 9.90 Å². The Hall–Kier alpha value is -1.09. The number of aliphatic hydroxyl groups is 1. The van der Waals surface area contributed by atoms with Crippen molar-refractivity contribution < 1.29 is 14.6 Å². The van der Waals surface area contributed by atoms with Crippen molar-refractivity contribution in [2.75, 3.05) is 6.61 Å². The monoisotopic (exact) mass is 442 g/mol. The summed E-state index contributed by atoms with van der Waals surface area (Å²) in [6.07, 6.45) is 16.5. The average molecular weight is 443 g/mol. The average Bonchev–Trinajstić information content (AvgIpc) is 3.11. The molecule has 8 atom stereocenters. The van der Waals surface area contributed by atoms with Crippen LogP contribution in [-0.4, -0.2) is 23.8 Å². The number of ether oxygens (including phenoxy) is 1. The van der Waals surface area contributed by atoms with E-state index in [1.165, 1.54) is 38.5 Å². The van der Waals surface area contributed by atoms with Crippen molar-refractivity contribution in [3.8, 4) is 0 Å². The van der Waals surface area contributed by atoms with E-state index in [1.54, 1.807) is 5.57 Å². The van der Waals surface area contributed by atoms with Gasteiger partial charge in [0, 0.05) is 5.57 Å². The van der Waals surface area contributed by atoms with Crippen LogP contribution in [-0.2, 0) is 9.53 Å². The second-order valence-corrected chi connectivity index (χ2v) is 12.0. The summed E-state index contributed by atoms with van der Waals surface area (Å²) >= 11 is 0. The van der Waals surface area contributed by atoms with Crippen molar-refractivity contribution in [1.29, 1.82) is 0 Å². The largest absolute Gasteiger partial charge is 0.463 e. The number of rotatable bonds is 6. The molecule has 3 heteroatoms. The molecule has 3 saturated carbocycles. The lowest BCUT2D eigenvalue weighted by molar-refractivity contribution is -0.138. The zero-order valence-corrected chi connectivity index (χ0v) is 21.2. The summed E-state index contributed by atoms with van der Waals surface area (Å²) in [7, 11) is 0. The molecular weight excluding hydrogens is 396 g/mol. The smallest absolute Gasteiger partial charge is 0.333 e. The molecule has 0 radical (unpaired) electrons. The number of fused-ring (bicyclic) bond motifs is 5. The second-order valence-electron chi connectivity index (χ2n) is 12.0. The summed E-state index contributed by atoms with van der Waals surface area (Å²) in [4.78, 5) is 11.9. The van der Waals surface area contributed by atoms with Gasteiger partial charge in [0.1, 0.15) is 0 Å². The Balaban J connectivity index is 1.43. The fraction of sp³-hybridized carbons (Fsp3) is 0.828. The van der Waals surface area contributed by atoms with E-state index in [0.717, 1.165) is 54.9 Å². The molecule has 1 N–H and O–H groups in total. The van der Waals surface area contributed by atoms with Crippen molar-refractivity contribution in [1.82, 2.24) is 0 Å². The lowest BCUT2D eigenvalue weighted by Gasteiger charge is -2.58. The maximum atomic E-state index is 11.9. The van der Waals surface area contributed by atoms with E-state index in [-0.39, 0.29) is 12.1 Å². The predicted octanol–water partition coefficient (Wildman–Crippen LogP) is 6.85. The Labute approximate surface area is 196 Å². The number of carbonyl (C=O) groups excluding carboxylic acids is 1. The first-order valence-corrected chi connectivity index (χ1v) is 13.4. The maximum Gasteiger partial charge on any atom is 0.333 e. The highest BCUT2D eigenvalue weighted by molar-refractivity contribution is 5.87. The van der Waals surface area contributed by atoms with Crippen LogP contribution in [0.15, 0.2) is 23.3 Å². The Bertz CT molecular complexity index is 766. The molecule has 0 aromatic heterocycles. The minimum Gasteiger partial charge on any atom is -0.463 e. The third-order valence-corrected chi connectivity index (χ3v) is 10.5. The molecule has 0 spiro atoms. The first-order chi connectivity index (χ1) is 15.2. The van der Waals surface area contributed by atoms with Gasteiger partial charge >= 0.3 is 5.97 Å². The SMILES string of the molecule is CCOC(=O)C(C)=CCCC(C)C1CCC2C3CC=C4CC(O)CCC4(C)C3CCC12C. The third-order valence-electron chi connectivity index (χ3n) is 10.5. The van der Waals surface area contributed by atoms with Crippen LogP contribution in [0.2, 0.25) is 0 Å². The van der Waals surface area contributed by atoms with Gasteiger partial charge in [0.15, 0.2) is 0 Å². The number of carbonyl (C=O) groups is 1. The minimum absolute atomic E-state index is 0.113. The molecule has 4 aliphatic carbocycles.